The van der Waals surface area contributed by atoms with E-state index >= 15 is 0 Å². The zero-order chi connectivity index (χ0) is 12.4. The SMILES string of the molecule is NNC(c1ccoc1)c1cc(F)c(Cl)cc1F. The minimum absolute atomic E-state index is 0.0656. The van der Waals surface area contributed by atoms with Crippen molar-refractivity contribution in [1.82, 2.24) is 5.43 Å². The first-order chi connectivity index (χ1) is 8.13. The van der Waals surface area contributed by atoms with Gasteiger partial charge in [0.1, 0.15) is 11.6 Å². The van der Waals surface area contributed by atoms with E-state index in [4.69, 9.17) is 21.9 Å². The van der Waals surface area contributed by atoms with Gasteiger partial charge in [0.05, 0.1) is 23.6 Å². The van der Waals surface area contributed by atoms with Crippen LogP contribution >= 0.6 is 11.6 Å². The van der Waals surface area contributed by atoms with Gasteiger partial charge < -0.3 is 4.42 Å². The summed E-state index contributed by atoms with van der Waals surface area (Å²) in [6.45, 7) is 0. The fraction of sp³-hybridized carbons (Fsp3) is 0.0909. The average Bonchev–Trinajstić information content (AvgIpc) is 2.80. The van der Waals surface area contributed by atoms with Gasteiger partial charge in [0.15, 0.2) is 0 Å². The van der Waals surface area contributed by atoms with Crippen molar-refractivity contribution in [3.8, 4) is 0 Å². The highest BCUT2D eigenvalue weighted by molar-refractivity contribution is 6.30. The van der Waals surface area contributed by atoms with Crippen molar-refractivity contribution < 1.29 is 13.2 Å². The molecule has 0 fully saturated rings. The first-order valence-corrected chi connectivity index (χ1v) is 5.14. The van der Waals surface area contributed by atoms with Crippen LogP contribution in [0.2, 0.25) is 5.02 Å². The highest BCUT2D eigenvalue weighted by atomic mass is 35.5. The molecule has 1 unspecified atom stereocenters. The van der Waals surface area contributed by atoms with Crippen LogP contribution in [0, 0.1) is 11.6 Å². The molecule has 2 rings (SSSR count). The van der Waals surface area contributed by atoms with Crippen LogP contribution in [0.4, 0.5) is 8.78 Å². The summed E-state index contributed by atoms with van der Waals surface area (Å²) < 4.78 is 31.9. The van der Waals surface area contributed by atoms with E-state index in [1.165, 1.54) is 12.5 Å². The van der Waals surface area contributed by atoms with Crippen LogP contribution in [-0.4, -0.2) is 0 Å². The fourth-order valence-corrected chi connectivity index (χ4v) is 1.71. The third-order valence-electron chi connectivity index (χ3n) is 2.39. The molecular formula is C11H9ClF2N2O. The zero-order valence-corrected chi connectivity index (χ0v) is 9.34. The number of rotatable bonds is 3. The first kappa shape index (κ1) is 12.0. The van der Waals surface area contributed by atoms with Crippen LogP contribution in [-0.2, 0) is 0 Å². The molecule has 0 aliphatic rings. The summed E-state index contributed by atoms with van der Waals surface area (Å²) in [5.74, 6) is 4.00. The van der Waals surface area contributed by atoms with Crippen molar-refractivity contribution in [2.45, 2.75) is 6.04 Å². The predicted octanol–water partition coefficient (Wildman–Crippen LogP) is 2.76. The van der Waals surface area contributed by atoms with E-state index in [0.29, 0.717) is 5.56 Å². The molecule has 0 aliphatic heterocycles. The molecule has 2 aromatic rings. The number of hydrogen-bond acceptors (Lipinski definition) is 3. The Morgan fingerprint density at radius 1 is 1.29 bits per heavy atom. The highest BCUT2D eigenvalue weighted by Gasteiger charge is 2.19. The topological polar surface area (TPSA) is 51.2 Å². The minimum Gasteiger partial charge on any atom is -0.472 e. The lowest BCUT2D eigenvalue weighted by Crippen LogP contribution is -2.29. The van der Waals surface area contributed by atoms with E-state index in [1.807, 2.05) is 0 Å². The van der Waals surface area contributed by atoms with Crippen LogP contribution in [0.25, 0.3) is 0 Å². The van der Waals surface area contributed by atoms with E-state index < -0.39 is 17.7 Å². The molecule has 0 spiro atoms. The smallest absolute Gasteiger partial charge is 0.142 e. The standard InChI is InChI=1S/C11H9ClF2N2O/c12-8-4-9(13)7(3-10(8)14)11(16-15)6-1-2-17-5-6/h1-5,11,16H,15H2. The molecule has 0 amide bonds. The lowest BCUT2D eigenvalue weighted by atomic mass is 10.0. The Balaban J connectivity index is 2.48. The van der Waals surface area contributed by atoms with Gasteiger partial charge in [-0.05, 0) is 18.2 Å². The number of hydrogen-bond donors (Lipinski definition) is 2. The summed E-state index contributed by atoms with van der Waals surface area (Å²) in [7, 11) is 0. The molecule has 6 heteroatoms. The Kier molecular flexibility index (Phi) is 3.42. The fourth-order valence-electron chi connectivity index (χ4n) is 1.56. The van der Waals surface area contributed by atoms with Gasteiger partial charge >= 0.3 is 0 Å². The van der Waals surface area contributed by atoms with E-state index in [0.717, 1.165) is 12.1 Å². The second kappa shape index (κ2) is 4.83. The molecule has 0 saturated heterocycles. The molecule has 17 heavy (non-hydrogen) atoms. The number of furan rings is 1. The average molecular weight is 259 g/mol. The number of nitrogens with one attached hydrogen (secondary N) is 1. The second-order valence-electron chi connectivity index (χ2n) is 3.44. The van der Waals surface area contributed by atoms with Gasteiger partial charge in [0.25, 0.3) is 0 Å². The van der Waals surface area contributed by atoms with Gasteiger partial charge in [-0.15, -0.1) is 0 Å². The second-order valence-corrected chi connectivity index (χ2v) is 3.85. The number of halogens is 3. The summed E-state index contributed by atoms with van der Waals surface area (Å²) in [6.07, 6.45) is 2.82. The number of hydrazine groups is 1. The summed E-state index contributed by atoms with van der Waals surface area (Å²) in [5.41, 5.74) is 3.05. The molecule has 1 aromatic carbocycles. The molecule has 3 nitrogen and oxygen atoms in total. The molecule has 0 radical (unpaired) electrons. The minimum atomic E-state index is -0.702. The lowest BCUT2D eigenvalue weighted by Gasteiger charge is -2.15. The van der Waals surface area contributed by atoms with Crippen LogP contribution in [0.1, 0.15) is 17.2 Å². The van der Waals surface area contributed by atoms with Crippen molar-refractivity contribution in [1.29, 1.82) is 0 Å². The summed E-state index contributed by atoms with van der Waals surface area (Å²) in [6, 6.07) is 2.84. The van der Waals surface area contributed by atoms with Gasteiger partial charge in [0, 0.05) is 11.1 Å². The van der Waals surface area contributed by atoms with Crippen molar-refractivity contribution >= 4 is 11.6 Å². The molecule has 3 N–H and O–H groups in total. The maximum atomic E-state index is 13.7. The van der Waals surface area contributed by atoms with Crippen molar-refractivity contribution in [3.05, 3.63) is 58.5 Å². The predicted molar refractivity (Wildman–Crippen MR) is 59.2 cm³/mol. The molecule has 0 bridgehead atoms. The normalized spacial score (nSPS) is 12.7. The van der Waals surface area contributed by atoms with Gasteiger partial charge in [-0.1, -0.05) is 11.6 Å². The molecule has 1 aromatic heterocycles. The zero-order valence-electron chi connectivity index (χ0n) is 8.58. The third-order valence-corrected chi connectivity index (χ3v) is 2.68. The van der Waals surface area contributed by atoms with Crippen LogP contribution in [0.3, 0.4) is 0 Å². The molecule has 0 aliphatic carbocycles. The Hall–Kier alpha value is -1.43. The van der Waals surface area contributed by atoms with Crippen molar-refractivity contribution in [2.24, 2.45) is 5.84 Å². The Morgan fingerprint density at radius 2 is 2.06 bits per heavy atom. The van der Waals surface area contributed by atoms with Crippen LogP contribution in [0.5, 0.6) is 0 Å². The summed E-state index contributed by atoms with van der Waals surface area (Å²) in [5, 5.41) is -0.269. The van der Waals surface area contributed by atoms with Gasteiger partial charge in [-0.3, -0.25) is 5.84 Å². The highest BCUT2D eigenvalue weighted by Crippen LogP contribution is 2.27. The Bertz CT molecular complexity index is 516. The molecule has 90 valence electrons. The number of benzene rings is 1. The van der Waals surface area contributed by atoms with Gasteiger partial charge in [-0.2, -0.15) is 0 Å². The lowest BCUT2D eigenvalue weighted by molar-refractivity contribution is 0.531. The number of nitrogens with two attached hydrogens (primary N) is 1. The van der Waals surface area contributed by atoms with Crippen LogP contribution < -0.4 is 11.3 Å². The largest absolute Gasteiger partial charge is 0.472 e. The molecule has 1 heterocycles. The van der Waals surface area contributed by atoms with Gasteiger partial charge in [-0.25, -0.2) is 14.2 Å². The summed E-state index contributed by atoms with van der Waals surface area (Å²) >= 11 is 5.47. The maximum absolute atomic E-state index is 13.7. The maximum Gasteiger partial charge on any atom is 0.142 e. The quantitative estimate of drug-likeness (QED) is 0.506. The van der Waals surface area contributed by atoms with Crippen molar-refractivity contribution in [2.75, 3.05) is 0 Å². The van der Waals surface area contributed by atoms with E-state index in [-0.39, 0.29) is 10.6 Å². The van der Waals surface area contributed by atoms with E-state index in [9.17, 15) is 8.78 Å². The molecule has 1 atom stereocenters. The van der Waals surface area contributed by atoms with Crippen molar-refractivity contribution in [3.63, 3.8) is 0 Å². The van der Waals surface area contributed by atoms with Crippen LogP contribution in [0.15, 0.2) is 35.1 Å². The monoisotopic (exact) mass is 258 g/mol. The van der Waals surface area contributed by atoms with E-state index in [2.05, 4.69) is 5.43 Å². The molecular weight excluding hydrogens is 250 g/mol. The van der Waals surface area contributed by atoms with Gasteiger partial charge in [0.2, 0.25) is 0 Å². The third kappa shape index (κ3) is 2.31. The Morgan fingerprint density at radius 3 is 2.65 bits per heavy atom. The van der Waals surface area contributed by atoms with E-state index in [1.54, 1.807) is 6.07 Å². The first-order valence-electron chi connectivity index (χ1n) is 4.76. The summed E-state index contributed by atoms with van der Waals surface area (Å²) in [4.78, 5) is 0. The molecule has 0 saturated carbocycles. The Labute approximate surface area is 101 Å².